The Morgan fingerprint density at radius 1 is 1.33 bits per heavy atom. The number of aromatic nitrogens is 2. The van der Waals surface area contributed by atoms with Gasteiger partial charge >= 0.3 is 0 Å². The zero-order chi connectivity index (χ0) is 16.7. The molecule has 1 N–H and O–H groups in total. The van der Waals surface area contributed by atoms with E-state index in [9.17, 15) is 4.79 Å². The fourth-order valence-electron chi connectivity index (χ4n) is 3.14. The van der Waals surface area contributed by atoms with E-state index in [4.69, 9.17) is 9.72 Å². The summed E-state index contributed by atoms with van der Waals surface area (Å²) in [6.07, 6.45) is 0.916. The largest absolute Gasteiger partial charge is 0.494 e. The molecule has 0 saturated carbocycles. The summed E-state index contributed by atoms with van der Waals surface area (Å²) in [6, 6.07) is 7.65. The molecule has 6 heteroatoms. The molecule has 1 aliphatic heterocycles. The monoisotopic (exact) mass is 341 g/mol. The predicted molar refractivity (Wildman–Crippen MR) is 96.9 cm³/mol. The second-order valence-electron chi connectivity index (χ2n) is 6.04. The van der Waals surface area contributed by atoms with E-state index in [1.54, 1.807) is 11.3 Å². The summed E-state index contributed by atoms with van der Waals surface area (Å²) in [6.45, 7) is 4.47. The summed E-state index contributed by atoms with van der Waals surface area (Å²) in [5.74, 6) is 1.43. The molecule has 0 bridgehead atoms. The van der Waals surface area contributed by atoms with Crippen LogP contribution in [0.3, 0.4) is 0 Å². The number of fused-ring (bicyclic) bond motifs is 3. The van der Waals surface area contributed by atoms with Crippen molar-refractivity contribution in [3.05, 3.63) is 45.1 Å². The molecule has 0 saturated heterocycles. The van der Waals surface area contributed by atoms with Gasteiger partial charge in [0.15, 0.2) is 0 Å². The van der Waals surface area contributed by atoms with E-state index in [1.165, 1.54) is 10.4 Å². The van der Waals surface area contributed by atoms with Gasteiger partial charge in [0, 0.05) is 23.5 Å². The molecule has 124 valence electrons. The van der Waals surface area contributed by atoms with Gasteiger partial charge in [-0.3, -0.25) is 4.79 Å². The number of aromatic amines is 1. The van der Waals surface area contributed by atoms with Gasteiger partial charge in [0.1, 0.15) is 16.4 Å². The summed E-state index contributed by atoms with van der Waals surface area (Å²) in [7, 11) is 2.11. The molecule has 3 aromatic rings. The Hall–Kier alpha value is -2.18. The van der Waals surface area contributed by atoms with Crippen LogP contribution in [0.5, 0.6) is 5.75 Å². The normalized spacial score (nSPS) is 14.8. The van der Waals surface area contributed by atoms with Crippen LogP contribution in [0, 0.1) is 0 Å². The molecule has 0 amide bonds. The Balaban J connectivity index is 1.79. The average Bonchev–Trinajstić information content (AvgIpc) is 2.93. The van der Waals surface area contributed by atoms with E-state index in [1.807, 2.05) is 31.2 Å². The molecule has 1 aromatic carbocycles. The number of rotatable bonds is 3. The van der Waals surface area contributed by atoms with E-state index in [0.717, 1.165) is 41.0 Å². The fraction of sp³-hybridized carbons (Fsp3) is 0.333. The molecular formula is C18H19N3O2S. The molecule has 5 nitrogen and oxygen atoms in total. The number of thiophene rings is 1. The maximum absolute atomic E-state index is 12.6. The van der Waals surface area contributed by atoms with Crippen molar-refractivity contribution in [1.82, 2.24) is 14.9 Å². The van der Waals surface area contributed by atoms with Crippen molar-refractivity contribution in [1.29, 1.82) is 0 Å². The van der Waals surface area contributed by atoms with Crippen LogP contribution in [-0.4, -0.2) is 35.1 Å². The number of nitrogens with one attached hydrogen (secondary N) is 1. The van der Waals surface area contributed by atoms with Crippen LogP contribution in [0.15, 0.2) is 29.1 Å². The number of benzene rings is 1. The number of likely N-dealkylation sites (N-methyl/N-ethyl adjacent to an activating group) is 1. The third-order valence-corrected chi connectivity index (χ3v) is 5.45. The van der Waals surface area contributed by atoms with Gasteiger partial charge in [-0.05, 0) is 50.2 Å². The van der Waals surface area contributed by atoms with E-state index in [2.05, 4.69) is 16.9 Å². The highest BCUT2D eigenvalue weighted by atomic mass is 32.1. The lowest BCUT2D eigenvalue weighted by atomic mass is 10.1. The minimum Gasteiger partial charge on any atom is -0.494 e. The minimum atomic E-state index is -0.0362. The molecular weight excluding hydrogens is 322 g/mol. The van der Waals surface area contributed by atoms with Crippen molar-refractivity contribution in [2.45, 2.75) is 19.9 Å². The van der Waals surface area contributed by atoms with Crippen molar-refractivity contribution in [2.24, 2.45) is 0 Å². The summed E-state index contributed by atoms with van der Waals surface area (Å²) >= 11 is 1.64. The number of hydrogen-bond acceptors (Lipinski definition) is 5. The smallest absolute Gasteiger partial charge is 0.260 e. The summed E-state index contributed by atoms with van der Waals surface area (Å²) in [5, 5.41) is 0.776. The minimum absolute atomic E-state index is 0.0362. The number of ether oxygens (including phenoxy) is 1. The van der Waals surface area contributed by atoms with Crippen LogP contribution in [0.25, 0.3) is 21.6 Å². The lowest BCUT2D eigenvalue weighted by Gasteiger charge is -2.21. The van der Waals surface area contributed by atoms with Gasteiger partial charge in [0.25, 0.3) is 5.56 Å². The number of nitrogens with zero attached hydrogens (tertiary/aromatic N) is 2. The second-order valence-corrected chi connectivity index (χ2v) is 7.13. The first-order valence-corrected chi connectivity index (χ1v) is 8.93. The average molecular weight is 341 g/mol. The van der Waals surface area contributed by atoms with Crippen LogP contribution in [0.2, 0.25) is 0 Å². The van der Waals surface area contributed by atoms with Crippen molar-refractivity contribution >= 4 is 21.6 Å². The molecule has 0 aliphatic carbocycles. The third-order valence-electron chi connectivity index (χ3n) is 4.34. The molecule has 0 unspecified atom stereocenters. The fourth-order valence-corrected chi connectivity index (χ4v) is 4.44. The molecule has 0 fully saturated rings. The van der Waals surface area contributed by atoms with Gasteiger partial charge in [-0.25, -0.2) is 4.98 Å². The predicted octanol–water partition coefficient (Wildman–Crippen LogP) is 3.04. The first-order chi connectivity index (χ1) is 11.7. The van der Waals surface area contributed by atoms with Crippen molar-refractivity contribution < 1.29 is 4.74 Å². The Labute approximate surface area is 143 Å². The maximum Gasteiger partial charge on any atom is 0.260 e. The maximum atomic E-state index is 12.6. The molecule has 0 atom stereocenters. The Morgan fingerprint density at radius 2 is 2.12 bits per heavy atom. The van der Waals surface area contributed by atoms with Gasteiger partial charge in [0.05, 0.1) is 12.0 Å². The Kier molecular flexibility index (Phi) is 3.86. The van der Waals surface area contributed by atoms with E-state index >= 15 is 0 Å². The SMILES string of the molecule is CCOc1ccc(-c2nc3sc4c(c3c(=O)[nH]2)CCN(C)C4)cc1. The lowest BCUT2D eigenvalue weighted by molar-refractivity contribution is 0.318. The van der Waals surface area contributed by atoms with Crippen LogP contribution >= 0.6 is 11.3 Å². The van der Waals surface area contributed by atoms with Crippen LogP contribution in [-0.2, 0) is 13.0 Å². The van der Waals surface area contributed by atoms with Gasteiger partial charge < -0.3 is 14.6 Å². The molecule has 4 rings (SSSR count). The first kappa shape index (κ1) is 15.4. The van der Waals surface area contributed by atoms with E-state index in [-0.39, 0.29) is 5.56 Å². The van der Waals surface area contributed by atoms with Gasteiger partial charge in [-0.2, -0.15) is 0 Å². The van der Waals surface area contributed by atoms with Crippen LogP contribution in [0.1, 0.15) is 17.4 Å². The standard InChI is InChI=1S/C18H19N3O2S/c1-3-23-12-6-4-11(5-7-12)16-19-17(22)15-13-8-9-21(2)10-14(13)24-18(15)20-16/h4-7H,3,8-10H2,1-2H3,(H,19,20,22). The molecule has 3 heterocycles. The van der Waals surface area contributed by atoms with E-state index < -0.39 is 0 Å². The lowest BCUT2D eigenvalue weighted by Crippen LogP contribution is -2.25. The number of hydrogen-bond donors (Lipinski definition) is 1. The first-order valence-electron chi connectivity index (χ1n) is 8.12. The van der Waals surface area contributed by atoms with Crippen molar-refractivity contribution in [3.8, 4) is 17.1 Å². The highest BCUT2D eigenvalue weighted by molar-refractivity contribution is 7.18. The van der Waals surface area contributed by atoms with Crippen LogP contribution in [0.4, 0.5) is 0 Å². The zero-order valence-corrected chi connectivity index (χ0v) is 14.6. The Bertz CT molecular complexity index is 943. The highest BCUT2D eigenvalue weighted by Gasteiger charge is 2.22. The van der Waals surface area contributed by atoms with Gasteiger partial charge in [0.2, 0.25) is 0 Å². The van der Waals surface area contributed by atoms with Gasteiger partial charge in [-0.15, -0.1) is 11.3 Å². The van der Waals surface area contributed by atoms with Crippen molar-refractivity contribution in [2.75, 3.05) is 20.2 Å². The Morgan fingerprint density at radius 3 is 2.88 bits per heavy atom. The summed E-state index contributed by atoms with van der Waals surface area (Å²) in [4.78, 5) is 24.7. The molecule has 0 radical (unpaired) electrons. The molecule has 24 heavy (non-hydrogen) atoms. The highest BCUT2D eigenvalue weighted by Crippen LogP contribution is 2.32. The second kappa shape index (κ2) is 6.03. The van der Waals surface area contributed by atoms with E-state index in [0.29, 0.717) is 12.4 Å². The number of H-pyrrole nitrogens is 1. The molecule has 1 aliphatic rings. The van der Waals surface area contributed by atoms with Gasteiger partial charge in [-0.1, -0.05) is 0 Å². The topological polar surface area (TPSA) is 58.2 Å². The molecule has 0 spiro atoms. The summed E-state index contributed by atoms with van der Waals surface area (Å²) in [5.41, 5.74) is 2.03. The van der Waals surface area contributed by atoms with Crippen LogP contribution < -0.4 is 10.3 Å². The summed E-state index contributed by atoms with van der Waals surface area (Å²) < 4.78 is 5.46. The third kappa shape index (κ3) is 2.61. The quantitative estimate of drug-likeness (QED) is 0.795. The zero-order valence-electron chi connectivity index (χ0n) is 13.8. The van der Waals surface area contributed by atoms with Crippen molar-refractivity contribution in [3.63, 3.8) is 0 Å². The molecule has 2 aromatic heterocycles.